The van der Waals surface area contributed by atoms with Gasteiger partial charge in [-0.05, 0) is 36.2 Å². The van der Waals surface area contributed by atoms with Gasteiger partial charge < -0.3 is 15.0 Å². The Morgan fingerprint density at radius 2 is 1.50 bits per heavy atom. The zero-order valence-corrected chi connectivity index (χ0v) is 20.8. The molecule has 3 amide bonds. The summed E-state index contributed by atoms with van der Waals surface area (Å²) in [6.07, 6.45) is 2.07. The van der Waals surface area contributed by atoms with Crippen LogP contribution in [-0.4, -0.2) is 52.3 Å². The van der Waals surface area contributed by atoms with E-state index in [1.807, 2.05) is 54.6 Å². The average molecular weight is 510 g/mol. The van der Waals surface area contributed by atoms with Gasteiger partial charge in [-0.2, -0.15) is 0 Å². The monoisotopic (exact) mass is 509 g/mol. The smallest absolute Gasteiger partial charge is 0.328 e. The number of aromatic amines is 1. The summed E-state index contributed by atoms with van der Waals surface area (Å²) in [6.45, 7) is 1.84. The van der Waals surface area contributed by atoms with E-state index in [9.17, 15) is 19.2 Å². The number of nitrogens with zero attached hydrogens (tertiary/aromatic N) is 1. The molecule has 8 nitrogen and oxygen atoms in total. The van der Waals surface area contributed by atoms with Crippen molar-refractivity contribution in [1.29, 1.82) is 0 Å². The van der Waals surface area contributed by atoms with Crippen LogP contribution in [0.25, 0.3) is 10.9 Å². The second-order valence-electron chi connectivity index (χ2n) is 9.11. The maximum absolute atomic E-state index is 13.8. The summed E-state index contributed by atoms with van der Waals surface area (Å²) < 4.78 is 5.27. The zero-order valence-electron chi connectivity index (χ0n) is 20.8. The number of amides is 3. The van der Waals surface area contributed by atoms with E-state index in [-0.39, 0.29) is 30.6 Å². The molecule has 8 heteroatoms. The number of rotatable bonds is 9. The average Bonchev–Trinajstić information content (AvgIpc) is 3.46. The molecular weight excluding hydrogens is 482 g/mol. The molecule has 0 saturated heterocycles. The second-order valence-corrected chi connectivity index (χ2v) is 9.11. The molecule has 0 radical (unpaired) electrons. The normalized spacial score (nSPS) is 14.3. The Bertz CT molecular complexity index is 1480. The van der Waals surface area contributed by atoms with Crippen LogP contribution in [0, 0.1) is 0 Å². The van der Waals surface area contributed by atoms with Crippen LogP contribution >= 0.6 is 0 Å². The van der Waals surface area contributed by atoms with Crippen LogP contribution in [0.2, 0.25) is 0 Å². The van der Waals surface area contributed by atoms with Crippen molar-refractivity contribution < 1.29 is 23.9 Å². The number of H-pyrrole nitrogens is 1. The van der Waals surface area contributed by atoms with Crippen LogP contribution in [0.1, 0.15) is 38.8 Å². The lowest BCUT2D eigenvalue weighted by atomic mass is 10.0. The Hall–Kier alpha value is -4.72. The summed E-state index contributed by atoms with van der Waals surface area (Å²) in [7, 11) is 0. The van der Waals surface area contributed by atoms with Gasteiger partial charge in [-0.15, -0.1) is 0 Å². The van der Waals surface area contributed by atoms with Gasteiger partial charge in [0.05, 0.1) is 17.7 Å². The summed E-state index contributed by atoms with van der Waals surface area (Å²) in [5.74, 6) is -2.27. The lowest BCUT2D eigenvalue weighted by Gasteiger charge is -2.27. The van der Waals surface area contributed by atoms with E-state index in [2.05, 4.69) is 10.3 Å². The minimum absolute atomic E-state index is 0.0980. The predicted octanol–water partition coefficient (Wildman–Crippen LogP) is 3.67. The van der Waals surface area contributed by atoms with Gasteiger partial charge in [0.2, 0.25) is 5.91 Å². The molecule has 0 aliphatic carbocycles. The third-order valence-corrected chi connectivity index (χ3v) is 6.70. The van der Waals surface area contributed by atoms with E-state index < -0.39 is 35.8 Å². The Kier molecular flexibility index (Phi) is 7.04. The van der Waals surface area contributed by atoms with Crippen LogP contribution in [0.15, 0.2) is 85.1 Å². The SMILES string of the molecule is CCOC(=O)C(Cc1c[nH]c2ccccc12)NC(=O)C(Cc1ccccc1)N1C(=O)c2ccccc2C1=O. The second kappa shape index (κ2) is 10.7. The molecular formula is C30H27N3O5. The molecule has 5 rings (SSSR count). The molecule has 2 unspecified atom stereocenters. The molecule has 1 aliphatic heterocycles. The highest BCUT2D eigenvalue weighted by Gasteiger charge is 2.43. The van der Waals surface area contributed by atoms with Gasteiger partial charge in [0.15, 0.2) is 0 Å². The number of imide groups is 1. The van der Waals surface area contributed by atoms with Crippen molar-refractivity contribution in [3.8, 4) is 0 Å². The molecule has 0 fully saturated rings. The fourth-order valence-electron chi connectivity index (χ4n) is 4.85. The number of fused-ring (bicyclic) bond motifs is 2. The number of aromatic nitrogens is 1. The van der Waals surface area contributed by atoms with Gasteiger partial charge in [-0.3, -0.25) is 19.3 Å². The van der Waals surface area contributed by atoms with Crippen LogP contribution in [0.5, 0.6) is 0 Å². The van der Waals surface area contributed by atoms with Crippen LogP contribution in [0.3, 0.4) is 0 Å². The number of benzene rings is 3. The molecule has 192 valence electrons. The summed E-state index contributed by atoms with van der Waals surface area (Å²) in [4.78, 5) is 57.5. The lowest BCUT2D eigenvalue weighted by molar-refractivity contribution is -0.147. The molecule has 2 heterocycles. The largest absolute Gasteiger partial charge is 0.464 e. The third-order valence-electron chi connectivity index (χ3n) is 6.70. The highest BCUT2D eigenvalue weighted by atomic mass is 16.5. The summed E-state index contributed by atoms with van der Waals surface area (Å²) >= 11 is 0. The molecule has 4 aromatic rings. The molecule has 0 bridgehead atoms. The first-order chi connectivity index (χ1) is 18.5. The van der Waals surface area contributed by atoms with Crippen LogP contribution < -0.4 is 5.32 Å². The van der Waals surface area contributed by atoms with Crippen molar-refractivity contribution >= 4 is 34.6 Å². The molecule has 3 aromatic carbocycles. The van der Waals surface area contributed by atoms with Crippen molar-refractivity contribution in [1.82, 2.24) is 15.2 Å². The van der Waals surface area contributed by atoms with Crippen molar-refractivity contribution in [2.75, 3.05) is 6.61 Å². The number of carbonyl (C=O) groups excluding carboxylic acids is 4. The maximum atomic E-state index is 13.8. The van der Waals surface area contributed by atoms with Crippen molar-refractivity contribution in [3.63, 3.8) is 0 Å². The van der Waals surface area contributed by atoms with Crippen molar-refractivity contribution in [3.05, 3.63) is 107 Å². The number of hydrogen-bond acceptors (Lipinski definition) is 5. The first-order valence-corrected chi connectivity index (χ1v) is 12.5. The maximum Gasteiger partial charge on any atom is 0.328 e. The Morgan fingerprint density at radius 1 is 0.868 bits per heavy atom. The quantitative estimate of drug-likeness (QED) is 0.264. The highest BCUT2D eigenvalue weighted by molar-refractivity contribution is 6.23. The molecule has 38 heavy (non-hydrogen) atoms. The predicted molar refractivity (Wildman–Crippen MR) is 141 cm³/mol. The fraction of sp³-hybridized carbons (Fsp3) is 0.200. The number of ether oxygens (including phenoxy) is 1. The van der Waals surface area contributed by atoms with E-state index in [0.29, 0.717) is 0 Å². The first kappa shape index (κ1) is 25.0. The van der Waals surface area contributed by atoms with E-state index in [1.54, 1.807) is 37.4 Å². The van der Waals surface area contributed by atoms with Gasteiger partial charge >= 0.3 is 5.97 Å². The number of nitrogens with one attached hydrogen (secondary N) is 2. The lowest BCUT2D eigenvalue weighted by Crippen LogP contribution is -2.55. The summed E-state index contributed by atoms with van der Waals surface area (Å²) in [5.41, 5.74) is 3.02. The van der Waals surface area contributed by atoms with Crippen molar-refractivity contribution in [2.24, 2.45) is 0 Å². The molecule has 2 atom stereocenters. The summed E-state index contributed by atoms with van der Waals surface area (Å²) in [6, 6.07) is 21.1. The molecule has 1 aliphatic rings. The number of hydrogen-bond donors (Lipinski definition) is 2. The molecule has 0 saturated carbocycles. The first-order valence-electron chi connectivity index (χ1n) is 12.5. The molecule has 2 N–H and O–H groups in total. The van der Waals surface area contributed by atoms with E-state index in [1.165, 1.54) is 0 Å². The standard InChI is InChI=1S/C30H27N3O5/c1-2-38-30(37)25(17-20-18-31-24-15-9-8-12-21(20)24)32-27(34)26(16-19-10-4-3-5-11-19)33-28(35)22-13-6-7-14-23(22)29(33)36/h3-15,18,25-26,31H,2,16-17H2,1H3,(H,32,34). The van der Waals surface area contributed by atoms with Gasteiger partial charge in [-0.25, -0.2) is 4.79 Å². The van der Waals surface area contributed by atoms with E-state index in [4.69, 9.17) is 4.74 Å². The van der Waals surface area contributed by atoms with Gasteiger partial charge in [0.25, 0.3) is 11.8 Å². The van der Waals surface area contributed by atoms with Crippen molar-refractivity contribution in [2.45, 2.75) is 31.8 Å². The van der Waals surface area contributed by atoms with Crippen LogP contribution in [0.4, 0.5) is 0 Å². The highest BCUT2D eigenvalue weighted by Crippen LogP contribution is 2.26. The molecule has 0 spiro atoms. The van der Waals surface area contributed by atoms with E-state index >= 15 is 0 Å². The Balaban J connectivity index is 1.46. The van der Waals surface area contributed by atoms with E-state index in [0.717, 1.165) is 26.9 Å². The third kappa shape index (κ3) is 4.80. The number of carbonyl (C=O) groups is 4. The van der Waals surface area contributed by atoms with Gasteiger partial charge in [-0.1, -0.05) is 60.7 Å². The fourth-order valence-corrected chi connectivity index (χ4v) is 4.85. The van der Waals surface area contributed by atoms with Crippen LogP contribution in [-0.2, 0) is 27.2 Å². The Labute approximate surface area is 219 Å². The Morgan fingerprint density at radius 3 is 2.18 bits per heavy atom. The number of esters is 1. The minimum atomic E-state index is -1.16. The number of para-hydroxylation sites is 1. The van der Waals surface area contributed by atoms with Gasteiger partial charge in [0.1, 0.15) is 12.1 Å². The minimum Gasteiger partial charge on any atom is -0.464 e. The summed E-state index contributed by atoms with van der Waals surface area (Å²) in [5, 5.41) is 3.72. The topological polar surface area (TPSA) is 109 Å². The van der Waals surface area contributed by atoms with Gasteiger partial charge in [0, 0.05) is 29.9 Å². The molecule has 1 aromatic heterocycles. The zero-order chi connectivity index (χ0) is 26.6.